The molecule has 2 aromatic rings. The third kappa shape index (κ3) is 4.48. The Morgan fingerprint density at radius 1 is 1.16 bits per heavy atom. The van der Waals surface area contributed by atoms with Gasteiger partial charge in [0.25, 0.3) is 5.91 Å². The van der Waals surface area contributed by atoms with E-state index >= 15 is 0 Å². The first kappa shape index (κ1) is 18.1. The zero-order valence-electron chi connectivity index (χ0n) is 13.7. The van der Waals surface area contributed by atoms with Crippen LogP contribution < -0.4 is 10.0 Å². The Morgan fingerprint density at radius 2 is 1.88 bits per heavy atom. The summed E-state index contributed by atoms with van der Waals surface area (Å²) in [6, 6.07) is 13.6. The van der Waals surface area contributed by atoms with Gasteiger partial charge >= 0.3 is 0 Å². The van der Waals surface area contributed by atoms with Gasteiger partial charge in [-0.05, 0) is 49.6 Å². The lowest BCUT2D eigenvalue weighted by atomic mass is 10.1. The fourth-order valence-corrected chi connectivity index (χ4v) is 4.46. The van der Waals surface area contributed by atoms with Gasteiger partial charge in [-0.1, -0.05) is 40.2 Å². The maximum atomic E-state index is 12.5. The second kappa shape index (κ2) is 7.27. The highest BCUT2D eigenvalue weighted by atomic mass is 79.9. The molecule has 0 bridgehead atoms. The average molecular weight is 423 g/mol. The highest BCUT2D eigenvalue weighted by Gasteiger charge is 2.28. The molecule has 1 aliphatic carbocycles. The summed E-state index contributed by atoms with van der Waals surface area (Å²) in [5, 5.41) is 2.90. The van der Waals surface area contributed by atoms with Crippen molar-refractivity contribution in [1.82, 2.24) is 10.0 Å². The summed E-state index contributed by atoms with van der Waals surface area (Å²) in [5.74, 6) is -0.313. The molecular weight excluding hydrogens is 404 g/mol. The van der Waals surface area contributed by atoms with Crippen molar-refractivity contribution in [3.63, 3.8) is 0 Å². The normalized spacial score (nSPS) is 15.6. The Hall–Kier alpha value is -1.70. The molecule has 3 rings (SSSR count). The number of carbonyl (C=O) groups excluding carboxylic acids is 1. The molecule has 1 saturated carbocycles. The van der Waals surface area contributed by atoms with Crippen molar-refractivity contribution in [2.75, 3.05) is 0 Å². The molecule has 0 unspecified atom stereocenters. The largest absolute Gasteiger partial charge is 0.345 e. The Kier molecular flexibility index (Phi) is 5.27. The second-order valence-electron chi connectivity index (χ2n) is 6.14. The Morgan fingerprint density at radius 3 is 2.56 bits per heavy atom. The van der Waals surface area contributed by atoms with Gasteiger partial charge in [-0.25, -0.2) is 13.1 Å². The summed E-state index contributed by atoms with van der Waals surface area (Å²) < 4.78 is 28.1. The molecule has 7 heteroatoms. The number of benzene rings is 2. The Balaban J connectivity index is 1.76. The van der Waals surface area contributed by atoms with Crippen LogP contribution in [-0.2, 0) is 10.0 Å². The van der Waals surface area contributed by atoms with Gasteiger partial charge in [0.1, 0.15) is 0 Å². The number of sulfonamides is 1. The van der Waals surface area contributed by atoms with E-state index < -0.39 is 10.0 Å². The fourth-order valence-electron chi connectivity index (χ4n) is 2.48. The van der Waals surface area contributed by atoms with Crippen LogP contribution in [0.4, 0.5) is 0 Å². The van der Waals surface area contributed by atoms with E-state index in [1.807, 2.05) is 31.2 Å². The zero-order valence-corrected chi connectivity index (χ0v) is 16.1. The van der Waals surface area contributed by atoms with Crippen molar-refractivity contribution in [3.05, 3.63) is 64.1 Å². The summed E-state index contributed by atoms with van der Waals surface area (Å²) in [6.45, 7) is 1.88. The zero-order chi connectivity index (χ0) is 18.0. The van der Waals surface area contributed by atoms with Crippen LogP contribution in [-0.4, -0.2) is 20.4 Å². The summed E-state index contributed by atoms with van der Waals surface area (Å²) in [4.78, 5) is 12.6. The van der Waals surface area contributed by atoms with Crippen LogP contribution in [0.1, 0.15) is 41.7 Å². The molecule has 1 atom stereocenters. The summed E-state index contributed by atoms with van der Waals surface area (Å²) in [7, 11) is -3.58. The first-order valence-electron chi connectivity index (χ1n) is 8.04. The van der Waals surface area contributed by atoms with Gasteiger partial charge in [-0.2, -0.15) is 0 Å². The number of amides is 1. The molecule has 1 aliphatic rings. The standard InChI is InChI=1S/C18H19BrN2O3S/c1-12(16-7-2-3-8-17(16)19)20-18(22)13-5-4-6-15(11-13)25(23,24)21-14-9-10-14/h2-8,11-12,14,21H,9-10H2,1H3,(H,20,22)/t12-/m1/s1. The van der Waals surface area contributed by atoms with Crippen LogP contribution in [0, 0.1) is 0 Å². The minimum absolute atomic E-state index is 0.0259. The number of halogens is 1. The van der Waals surface area contributed by atoms with E-state index in [0.29, 0.717) is 5.56 Å². The van der Waals surface area contributed by atoms with E-state index in [9.17, 15) is 13.2 Å². The molecule has 5 nitrogen and oxygen atoms in total. The molecule has 132 valence electrons. The maximum Gasteiger partial charge on any atom is 0.251 e. The van der Waals surface area contributed by atoms with Crippen LogP contribution in [0.5, 0.6) is 0 Å². The van der Waals surface area contributed by atoms with Crippen LogP contribution in [0.15, 0.2) is 57.9 Å². The highest BCUT2D eigenvalue weighted by molar-refractivity contribution is 9.10. The predicted octanol–water partition coefficient (Wildman–Crippen LogP) is 3.38. The molecule has 2 aromatic carbocycles. The molecule has 1 amide bonds. The van der Waals surface area contributed by atoms with Crippen LogP contribution in [0.2, 0.25) is 0 Å². The minimum atomic E-state index is -3.58. The fraction of sp³-hybridized carbons (Fsp3) is 0.278. The summed E-state index contributed by atoms with van der Waals surface area (Å²) in [5.41, 5.74) is 1.27. The summed E-state index contributed by atoms with van der Waals surface area (Å²) >= 11 is 3.47. The highest BCUT2D eigenvalue weighted by Crippen LogP contribution is 2.24. The van der Waals surface area contributed by atoms with Gasteiger partial charge in [-0.3, -0.25) is 4.79 Å². The quantitative estimate of drug-likeness (QED) is 0.748. The van der Waals surface area contributed by atoms with Crippen LogP contribution in [0.3, 0.4) is 0 Å². The third-order valence-electron chi connectivity index (χ3n) is 4.03. The van der Waals surface area contributed by atoms with Gasteiger partial charge < -0.3 is 5.32 Å². The molecule has 0 radical (unpaired) electrons. The molecule has 25 heavy (non-hydrogen) atoms. The SMILES string of the molecule is C[C@@H](NC(=O)c1cccc(S(=O)(=O)NC2CC2)c1)c1ccccc1Br. The monoisotopic (exact) mass is 422 g/mol. The van der Waals surface area contributed by atoms with Crippen LogP contribution in [0.25, 0.3) is 0 Å². The average Bonchev–Trinajstić information content (AvgIpc) is 3.38. The number of rotatable bonds is 6. The second-order valence-corrected chi connectivity index (χ2v) is 8.71. The lowest BCUT2D eigenvalue weighted by Gasteiger charge is -2.16. The Bertz CT molecular complexity index is 895. The van der Waals surface area contributed by atoms with Crippen molar-refractivity contribution in [1.29, 1.82) is 0 Å². The topological polar surface area (TPSA) is 75.3 Å². The minimum Gasteiger partial charge on any atom is -0.345 e. The molecule has 0 aliphatic heterocycles. The van der Waals surface area contributed by atoms with Crippen molar-refractivity contribution in [3.8, 4) is 0 Å². The number of hydrogen-bond donors (Lipinski definition) is 2. The van der Waals surface area contributed by atoms with Gasteiger partial charge in [0.05, 0.1) is 10.9 Å². The molecule has 2 N–H and O–H groups in total. The molecule has 0 heterocycles. The number of carbonyl (C=O) groups is 1. The third-order valence-corrected chi connectivity index (χ3v) is 6.27. The molecular formula is C18H19BrN2O3S. The smallest absolute Gasteiger partial charge is 0.251 e. The molecule has 0 saturated heterocycles. The van der Waals surface area contributed by atoms with E-state index in [1.165, 1.54) is 12.1 Å². The van der Waals surface area contributed by atoms with Gasteiger partial charge in [-0.15, -0.1) is 0 Å². The Labute approximate surface area is 156 Å². The predicted molar refractivity (Wildman–Crippen MR) is 99.8 cm³/mol. The van der Waals surface area contributed by atoms with Gasteiger partial charge in [0, 0.05) is 16.1 Å². The van der Waals surface area contributed by atoms with E-state index in [2.05, 4.69) is 26.0 Å². The van der Waals surface area contributed by atoms with Gasteiger partial charge in [0.2, 0.25) is 10.0 Å². The van der Waals surface area contributed by atoms with Crippen molar-refractivity contribution < 1.29 is 13.2 Å². The lowest BCUT2D eigenvalue weighted by Crippen LogP contribution is -2.28. The number of hydrogen-bond acceptors (Lipinski definition) is 3. The lowest BCUT2D eigenvalue weighted by molar-refractivity contribution is 0.0939. The van der Waals surface area contributed by atoms with E-state index in [1.54, 1.807) is 12.1 Å². The summed E-state index contributed by atoms with van der Waals surface area (Å²) in [6.07, 6.45) is 1.73. The molecule has 1 fully saturated rings. The first-order valence-corrected chi connectivity index (χ1v) is 10.3. The van der Waals surface area contributed by atoms with Crippen LogP contribution >= 0.6 is 15.9 Å². The number of nitrogens with one attached hydrogen (secondary N) is 2. The molecule has 0 aromatic heterocycles. The van der Waals surface area contributed by atoms with Crippen molar-refractivity contribution >= 4 is 31.9 Å². The van der Waals surface area contributed by atoms with E-state index in [-0.39, 0.29) is 22.9 Å². The molecule has 0 spiro atoms. The van der Waals surface area contributed by atoms with Gasteiger partial charge in [0.15, 0.2) is 0 Å². The van der Waals surface area contributed by atoms with E-state index in [4.69, 9.17) is 0 Å². The van der Waals surface area contributed by atoms with Crippen molar-refractivity contribution in [2.45, 2.75) is 36.7 Å². The van der Waals surface area contributed by atoms with Crippen molar-refractivity contribution in [2.24, 2.45) is 0 Å². The first-order chi connectivity index (χ1) is 11.9. The maximum absolute atomic E-state index is 12.5. The van der Waals surface area contributed by atoms with E-state index in [0.717, 1.165) is 22.9 Å².